The predicted octanol–water partition coefficient (Wildman–Crippen LogP) is 2.94. The van der Waals surface area contributed by atoms with Crippen molar-refractivity contribution < 1.29 is 9.84 Å². The molecule has 1 heterocycles. The Morgan fingerprint density at radius 3 is 2.52 bits per heavy atom. The molecule has 0 bridgehead atoms. The second kappa shape index (κ2) is 6.54. The quantitative estimate of drug-likeness (QED) is 0.887. The first kappa shape index (κ1) is 15.3. The zero-order chi connectivity index (χ0) is 15.4. The van der Waals surface area contributed by atoms with Crippen LogP contribution >= 0.6 is 0 Å². The first-order valence-electron chi connectivity index (χ1n) is 6.99. The van der Waals surface area contributed by atoms with Gasteiger partial charge < -0.3 is 14.8 Å². The van der Waals surface area contributed by atoms with Gasteiger partial charge in [0, 0.05) is 7.11 Å². The molecule has 5 heteroatoms. The monoisotopic (exact) mass is 288 g/mol. The average molecular weight is 288 g/mol. The number of hydrogen-bond acceptors (Lipinski definition) is 4. The molecule has 2 rings (SSSR count). The molecule has 1 aromatic carbocycles. The number of benzene rings is 1. The van der Waals surface area contributed by atoms with Gasteiger partial charge >= 0.3 is 0 Å². The van der Waals surface area contributed by atoms with Crippen LogP contribution in [0, 0.1) is 6.92 Å². The SMILES string of the molecule is CCCC(OC)c1nc(O)c(-c2ccc(C)cc2)c(=O)[nH]1. The number of methoxy groups -OCH3 is 1. The van der Waals surface area contributed by atoms with Crippen LogP contribution in [0.25, 0.3) is 11.1 Å². The van der Waals surface area contributed by atoms with E-state index in [1.165, 1.54) is 0 Å². The normalized spacial score (nSPS) is 12.3. The van der Waals surface area contributed by atoms with Crippen LogP contribution in [0.1, 0.15) is 37.3 Å². The Bertz CT molecular complexity index is 662. The van der Waals surface area contributed by atoms with E-state index >= 15 is 0 Å². The van der Waals surface area contributed by atoms with Crippen LogP contribution in [0.2, 0.25) is 0 Å². The lowest BCUT2D eigenvalue weighted by Crippen LogP contribution is -2.17. The van der Waals surface area contributed by atoms with E-state index in [9.17, 15) is 9.90 Å². The van der Waals surface area contributed by atoms with Crippen LogP contribution in [-0.2, 0) is 4.74 Å². The van der Waals surface area contributed by atoms with Gasteiger partial charge in [-0.3, -0.25) is 4.79 Å². The standard InChI is InChI=1S/C16H20N2O3/c1-4-5-12(21-3)14-17-15(19)13(16(20)18-14)11-8-6-10(2)7-9-11/h6-9,12H,4-5H2,1-3H3,(H2,17,18,19,20). The van der Waals surface area contributed by atoms with Crippen molar-refractivity contribution in [3.63, 3.8) is 0 Å². The van der Waals surface area contributed by atoms with E-state index in [0.29, 0.717) is 11.4 Å². The second-order valence-corrected chi connectivity index (χ2v) is 5.03. The van der Waals surface area contributed by atoms with Crippen molar-refractivity contribution in [3.05, 3.63) is 46.0 Å². The fourth-order valence-corrected chi connectivity index (χ4v) is 2.24. The number of aromatic nitrogens is 2. The van der Waals surface area contributed by atoms with E-state index in [0.717, 1.165) is 18.4 Å². The summed E-state index contributed by atoms with van der Waals surface area (Å²) in [4.78, 5) is 19.1. The first-order valence-corrected chi connectivity index (χ1v) is 6.99. The van der Waals surface area contributed by atoms with Gasteiger partial charge in [-0.05, 0) is 18.9 Å². The minimum Gasteiger partial charge on any atom is -0.493 e. The molecule has 0 saturated heterocycles. The Morgan fingerprint density at radius 1 is 1.33 bits per heavy atom. The number of nitrogens with one attached hydrogen (secondary N) is 1. The summed E-state index contributed by atoms with van der Waals surface area (Å²) in [6.07, 6.45) is 1.30. The van der Waals surface area contributed by atoms with Crippen LogP contribution in [-0.4, -0.2) is 22.2 Å². The van der Waals surface area contributed by atoms with E-state index in [1.54, 1.807) is 19.2 Å². The third-order valence-corrected chi connectivity index (χ3v) is 3.40. The molecule has 0 amide bonds. The van der Waals surface area contributed by atoms with Crippen molar-refractivity contribution in [3.8, 4) is 17.0 Å². The molecule has 0 saturated carbocycles. The highest BCUT2D eigenvalue weighted by Gasteiger charge is 2.18. The summed E-state index contributed by atoms with van der Waals surface area (Å²) < 4.78 is 5.30. The van der Waals surface area contributed by atoms with Gasteiger partial charge in [0.15, 0.2) is 0 Å². The van der Waals surface area contributed by atoms with Gasteiger partial charge in [0.05, 0.1) is 0 Å². The van der Waals surface area contributed by atoms with Gasteiger partial charge in [-0.1, -0.05) is 43.2 Å². The highest BCUT2D eigenvalue weighted by Crippen LogP contribution is 2.26. The van der Waals surface area contributed by atoms with E-state index in [1.807, 2.05) is 26.0 Å². The molecule has 0 radical (unpaired) electrons. The highest BCUT2D eigenvalue weighted by atomic mass is 16.5. The fraction of sp³-hybridized carbons (Fsp3) is 0.375. The molecule has 1 aromatic heterocycles. The van der Waals surface area contributed by atoms with Crippen molar-refractivity contribution in [1.82, 2.24) is 9.97 Å². The lowest BCUT2D eigenvalue weighted by molar-refractivity contribution is 0.0868. The zero-order valence-corrected chi connectivity index (χ0v) is 12.5. The number of aromatic hydroxyl groups is 1. The van der Waals surface area contributed by atoms with Crippen LogP contribution in [0.5, 0.6) is 5.88 Å². The number of aryl methyl sites for hydroxylation is 1. The van der Waals surface area contributed by atoms with Gasteiger partial charge in [-0.15, -0.1) is 0 Å². The summed E-state index contributed by atoms with van der Waals surface area (Å²) in [7, 11) is 1.56. The van der Waals surface area contributed by atoms with Crippen molar-refractivity contribution in [2.24, 2.45) is 0 Å². The molecule has 2 aromatic rings. The van der Waals surface area contributed by atoms with Crippen LogP contribution < -0.4 is 5.56 Å². The molecule has 0 aliphatic carbocycles. The fourth-order valence-electron chi connectivity index (χ4n) is 2.24. The summed E-state index contributed by atoms with van der Waals surface area (Å²) in [6, 6.07) is 7.36. The number of H-pyrrole nitrogens is 1. The first-order chi connectivity index (χ1) is 10.1. The van der Waals surface area contributed by atoms with E-state index in [4.69, 9.17) is 4.74 Å². The van der Waals surface area contributed by atoms with Crippen LogP contribution in [0.4, 0.5) is 0 Å². The minimum atomic E-state index is -0.362. The summed E-state index contributed by atoms with van der Waals surface area (Å²) in [5.41, 5.74) is 1.55. The zero-order valence-electron chi connectivity index (χ0n) is 12.5. The third-order valence-electron chi connectivity index (χ3n) is 3.40. The largest absolute Gasteiger partial charge is 0.493 e. The predicted molar refractivity (Wildman–Crippen MR) is 81.4 cm³/mol. The molecule has 0 spiro atoms. The maximum atomic E-state index is 12.3. The average Bonchev–Trinajstić information content (AvgIpc) is 2.46. The molecule has 0 aliphatic rings. The van der Waals surface area contributed by atoms with E-state index in [2.05, 4.69) is 9.97 Å². The summed E-state index contributed by atoms with van der Waals surface area (Å²) in [5, 5.41) is 10.1. The molecular weight excluding hydrogens is 268 g/mol. The lowest BCUT2D eigenvalue weighted by atomic mass is 10.1. The number of nitrogens with zero attached hydrogens (tertiary/aromatic N) is 1. The Kier molecular flexibility index (Phi) is 4.75. The Hall–Kier alpha value is -2.14. The molecule has 0 aliphatic heterocycles. The Balaban J connectivity index is 2.46. The molecule has 1 atom stereocenters. The maximum absolute atomic E-state index is 12.3. The Labute approximate surface area is 123 Å². The van der Waals surface area contributed by atoms with Crippen molar-refractivity contribution in [2.75, 3.05) is 7.11 Å². The van der Waals surface area contributed by atoms with E-state index in [-0.39, 0.29) is 23.1 Å². The third kappa shape index (κ3) is 3.31. The smallest absolute Gasteiger partial charge is 0.262 e. The minimum absolute atomic E-state index is 0.185. The molecule has 2 N–H and O–H groups in total. The van der Waals surface area contributed by atoms with Gasteiger partial charge in [0.2, 0.25) is 5.88 Å². The highest BCUT2D eigenvalue weighted by molar-refractivity contribution is 5.67. The molecular formula is C16H20N2O3. The number of hydrogen-bond donors (Lipinski definition) is 2. The number of ether oxygens (including phenoxy) is 1. The summed E-state index contributed by atoms with van der Waals surface area (Å²) >= 11 is 0. The van der Waals surface area contributed by atoms with E-state index < -0.39 is 0 Å². The number of aromatic amines is 1. The maximum Gasteiger partial charge on any atom is 0.262 e. The van der Waals surface area contributed by atoms with Crippen molar-refractivity contribution in [2.45, 2.75) is 32.8 Å². The second-order valence-electron chi connectivity index (χ2n) is 5.03. The molecule has 112 valence electrons. The molecule has 1 unspecified atom stereocenters. The summed E-state index contributed by atoms with van der Waals surface area (Å²) in [5.74, 6) is 0.0912. The number of rotatable bonds is 5. The lowest BCUT2D eigenvalue weighted by Gasteiger charge is -2.14. The van der Waals surface area contributed by atoms with Crippen molar-refractivity contribution in [1.29, 1.82) is 0 Å². The van der Waals surface area contributed by atoms with Crippen LogP contribution in [0.3, 0.4) is 0 Å². The Morgan fingerprint density at radius 2 is 2.00 bits per heavy atom. The molecule has 21 heavy (non-hydrogen) atoms. The van der Waals surface area contributed by atoms with Crippen molar-refractivity contribution >= 4 is 0 Å². The van der Waals surface area contributed by atoms with Crippen LogP contribution in [0.15, 0.2) is 29.1 Å². The summed E-state index contributed by atoms with van der Waals surface area (Å²) in [6.45, 7) is 3.98. The van der Waals surface area contributed by atoms with Gasteiger partial charge in [-0.25, -0.2) is 0 Å². The van der Waals surface area contributed by atoms with Gasteiger partial charge in [0.1, 0.15) is 17.5 Å². The van der Waals surface area contributed by atoms with Gasteiger partial charge in [-0.2, -0.15) is 4.98 Å². The molecule has 0 fully saturated rings. The topological polar surface area (TPSA) is 75.2 Å². The van der Waals surface area contributed by atoms with Gasteiger partial charge in [0.25, 0.3) is 5.56 Å². The molecule has 5 nitrogen and oxygen atoms in total.